The third-order valence-corrected chi connectivity index (χ3v) is 2.87. The van der Waals surface area contributed by atoms with E-state index in [1.165, 1.54) is 16.7 Å². The fraction of sp³-hybridized carbons (Fsp3) is 0.0909. The molecule has 14 heavy (non-hydrogen) atoms. The molecule has 0 saturated carbocycles. The molecule has 0 unspecified atom stereocenters. The lowest BCUT2D eigenvalue weighted by Gasteiger charge is -1.98. The van der Waals surface area contributed by atoms with Crippen molar-refractivity contribution in [3.05, 3.63) is 46.3 Å². The predicted octanol–water partition coefficient (Wildman–Crippen LogP) is 2.81. The lowest BCUT2D eigenvalue weighted by atomic mass is 10.1. The summed E-state index contributed by atoms with van der Waals surface area (Å²) >= 11 is 3.29. The molecule has 0 aliphatic heterocycles. The largest absolute Gasteiger partial charge is 0.230 e. The Hall–Kier alpha value is -1.22. The molecule has 0 amide bonds. The summed E-state index contributed by atoms with van der Waals surface area (Å²) in [6, 6.07) is 8.36. The van der Waals surface area contributed by atoms with Gasteiger partial charge in [-0.15, -0.1) is 0 Å². The van der Waals surface area contributed by atoms with Crippen molar-refractivity contribution < 1.29 is 0 Å². The maximum atomic E-state index is 4.40. The molecule has 0 N–H and O–H groups in total. The highest BCUT2D eigenvalue weighted by Gasteiger charge is 2.19. The van der Waals surface area contributed by atoms with Crippen LogP contribution < -0.4 is 0 Å². The summed E-state index contributed by atoms with van der Waals surface area (Å²) in [7, 11) is 0. The Balaban J connectivity index is 2.30. The molecule has 0 saturated heterocycles. The predicted molar refractivity (Wildman–Crippen MR) is 58.0 cm³/mol. The van der Waals surface area contributed by atoms with Gasteiger partial charge in [0.15, 0.2) is 4.73 Å². The van der Waals surface area contributed by atoms with E-state index in [1.807, 2.05) is 12.3 Å². The zero-order chi connectivity index (χ0) is 9.54. The zero-order valence-electron chi connectivity index (χ0n) is 7.37. The third kappa shape index (κ3) is 1.09. The first-order valence-electron chi connectivity index (χ1n) is 4.44. The molecule has 0 bridgehead atoms. The van der Waals surface area contributed by atoms with E-state index in [9.17, 15) is 0 Å². The lowest BCUT2D eigenvalue weighted by Crippen LogP contribution is -1.88. The molecule has 1 aromatic carbocycles. The molecule has 68 valence electrons. The Morgan fingerprint density at radius 1 is 1.14 bits per heavy atom. The highest BCUT2D eigenvalue weighted by molar-refractivity contribution is 9.10. The minimum atomic E-state index is 0.660. The number of fused-ring (bicyclic) bond motifs is 3. The van der Waals surface area contributed by atoms with Crippen molar-refractivity contribution in [1.82, 2.24) is 9.97 Å². The van der Waals surface area contributed by atoms with E-state index < -0.39 is 0 Å². The highest BCUT2D eigenvalue weighted by atomic mass is 79.9. The van der Waals surface area contributed by atoms with E-state index in [-0.39, 0.29) is 0 Å². The summed E-state index contributed by atoms with van der Waals surface area (Å²) in [5.74, 6) is 0. The molecule has 2 aromatic rings. The van der Waals surface area contributed by atoms with Crippen LogP contribution >= 0.6 is 15.9 Å². The van der Waals surface area contributed by atoms with Gasteiger partial charge in [0.25, 0.3) is 0 Å². The number of nitrogens with zero attached hydrogens (tertiary/aromatic N) is 2. The van der Waals surface area contributed by atoms with E-state index in [0.717, 1.165) is 12.1 Å². The molecule has 0 radical (unpaired) electrons. The SMILES string of the molecule is Brc1ncc2c(n1)-c1ccccc1C2. The van der Waals surface area contributed by atoms with Gasteiger partial charge in [-0.05, 0) is 21.5 Å². The van der Waals surface area contributed by atoms with Gasteiger partial charge < -0.3 is 0 Å². The summed E-state index contributed by atoms with van der Waals surface area (Å²) in [4.78, 5) is 8.54. The van der Waals surface area contributed by atoms with Crippen molar-refractivity contribution in [2.45, 2.75) is 6.42 Å². The standard InChI is InChI=1S/C11H7BrN2/c12-11-13-6-8-5-7-3-1-2-4-9(7)10(8)14-11/h1-4,6H,5H2. The Morgan fingerprint density at radius 3 is 2.93 bits per heavy atom. The molecule has 2 nitrogen and oxygen atoms in total. The van der Waals surface area contributed by atoms with Crippen LogP contribution in [0.2, 0.25) is 0 Å². The van der Waals surface area contributed by atoms with Crippen LogP contribution in [0, 0.1) is 0 Å². The van der Waals surface area contributed by atoms with Gasteiger partial charge in [0, 0.05) is 23.7 Å². The van der Waals surface area contributed by atoms with Crippen molar-refractivity contribution >= 4 is 15.9 Å². The number of aromatic nitrogens is 2. The molecular formula is C11H7BrN2. The number of hydrogen-bond acceptors (Lipinski definition) is 2. The number of benzene rings is 1. The van der Waals surface area contributed by atoms with Gasteiger partial charge in [0.05, 0.1) is 5.69 Å². The normalized spacial score (nSPS) is 12.4. The van der Waals surface area contributed by atoms with E-state index in [2.05, 4.69) is 44.1 Å². The first-order chi connectivity index (χ1) is 6.84. The quantitative estimate of drug-likeness (QED) is 0.571. The maximum absolute atomic E-state index is 4.40. The summed E-state index contributed by atoms with van der Waals surface area (Å²) in [6.45, 7) is 0. The number of halogens is 1. The monoisotopic (exact) mass is 246 g/mol. The molecule has 0 fully saturated rings. The van der Waals surface area contributed by atoms with E-state index in [4.69, 9.17) is 0 Å². The van der Waals surface area contributed by atoms with Gasteiger partial charge in [0.2, 0.25) is 0 Å². The van der Waals surface area contributed by atoms with Crippen LogP contribution in [0.4, 0.5) is 0 Å². The third-order valence-electron chi connectivity index (χ3n) is 2.49. The van der Waals surface area contributed by atoms with Crippen molar-refractivity contribution in [1.29, 1.82) is 0 Å². The summed E-state index contributed by atoms with van der Waals surface area (Å²) in [5, 5.41) is 0. The first-order valence-corrected chi connectivity index (χ1v) is 5.23. The van der Waals surface area contributed by atoms with Crippen LogP contribution in [0.15, 0.2) is 35.2 Å². The van der Waals surface area contributed by atoms with Crippen LogP contribution in [-0.2, 0) is 6.42 Å². The van der Waals surface area contributed by atoms with Gasteiger partial charge in [-0.1, -0.05) is 24.3 Å². The van der Waals surface area contributed by atoms with Gasteiger partial charge in [-0.25, -0.2) is 9.97 Å². The molecule has 1 aromatic heterocycles. The molecule has 3 heteroatoms. The molecule has 3 rings (SSSR count). The van der Waals surface area contributed by atoms with E-state index in [0.29, 0.717) is 4.73 Å². The molecule has 1 aliphatic rings. The second-order valence-corrected chi connectivity index (χ2v) is 4.06. The number of rotatable bonds is 0. The molecule has 0 atom stereocenters. The van der Waals surface area contributed by atoms with Crippen molar-refractivity contribution in [2.75, 3.05) is 0 Å². The smallest absolute Gasteiger partial charge is 0.197 e. The van der Waals surface area contributed by atoms with Crippen molar-refractivity contribution in [2.24, 2.45) is 0 Å². The lowest BCUT2D eigenvalue weighted by molar-refractivity contribution is 1.08. The Bertz CT molecular complexity index is 508. The molecular weight excluding hydrogens is 240 g/mol. The van der Waals surface area contributed by atoms with Crippen LogP contribution in [0.25, 0.3) is 11.3 Å². The minimum absolute atomic E-state index is 0.660. The van der Waals surface area contributed by atoms with Crippen LogP contribution in [0.5, 0.6) is 0 Å². The fourth-order valence-corrected chi connectivity index (χ4v) is 2.14. The van der Waals surface area contributed by atoms with Crippen LogP contribution in [-0.4, -0.2) is 9.97 Å². The molecule has 1 heterocycles. The number of hydrogen-bond donors (Lipinski definition) is 0. The highest BCUT2D eigenvalue weighted by Crippen LogP contribution is 2.34. The summed E-state index contributed by atoms with van der Waals surface area (Å²) < 4.78 is 0.660. The Morgan fingerprint density at radius 2 is 2.00 bits per heavy atom. The van der Waals surface area contributed by atoms with Crippen LogP contribution in [0.3, 0.4) is 0 Å². The zero-order valence-corrected chi connectivity index (χ0v) is 8.95. The second kappa shape index (κ2) is 2.89. The van der Waals surface area contributed by atoms with E-state index >= 15 is 0 Å². The topological polar surface area (TPSA) is 25.8 Å². The first kappa shape index (κ1) is 8.12. The summed E-state index contributed by atoms with van der Waals surface area (Å²) in [5.41, 5.74) is 4.87. The second-order valence-electron chi connectivity index (χ2n) is 3.35. The van der Waals surface area contributed by atoms with Gasteiger partial charge >= 0.3 is 0 Å². The van der Waals surface area contributed by atoms with Gasteiger partial charge in [-0.2, -0.15) is 0 Å². The van der Waals surface area contributed by atoms with Crippen molar-refractivity contribution in [3.8, 4) is 11.3 Å². The maximum Gasteiger partial charge on any atom is 0.197 e. The summed E-state index contributed by atoms with van der Waals surface area (Å²) in [6.07, 6.45) is 2.85. The Kier molecular flexibility index (Phi) is 1.67. The van der Waals surface area contributed by atoms with Crippen LogP contribution in [0.1, 0.15) is 11.1 Å². The average molecular weight is 247 g/mol. The Labute approximate surface area is 90.2 Å². The minimum Gasteiger partial charge on any atom is -0.230 e. The van der Waals surface area contributed by atoms with Gasteiger partial charge in [-0.3, -0.25) is 0 Å². The molecule has 1 aliphatic carbocycles. The molecule has 0 spiro atoms. The van der Waals surface area contributed by atoms with Crippen molar-refractivity contribution in [3.63, 3.8) is 0 Å². The van der Waals surface area contributed by atoms with E-state index in [1.54, 1.807) is 0 Å². The van der Waals surface area contributed by atoms with Gasteiger partial charge in [0.1, 0.15) is 0 Å². The fourth-order valence-electron chi connectivity index (χ4n) is 1.86. The average Bonchev–Trinajstić information content (AvgIpc) is 2.56.